The highest BCUT2D eigenvalue weighted by atomic mass is 32.1. The molecule has 0 aliphatic heterocycles. The maximum Gasteiger partial charge on any atom is 0.434 e. The van der Waals surface area contributed by atoms with Crippen molar-refractivity contribution in [2.24, 2.45) is 0 Å². The zero-order valence-corrected chi connectivity index (χ0v) is 11.3. The summed E-state index contributed by atoms with van der Waals surface area (Å²) in [5.74, 6) is 0. The number of hydrogen-bond acceptors (Lipinski definition) is 3. The van der Waals surface area contributed by atoms with Crippen LogP contribution in [0.1, 0.15) is 48.7 Å². The first-order chi connectivity index (χ1) is 8.37. The topological polar surface area (TPSA) is 24.9 Å². The van der Waals surface area contributed by atoms with Gasteiger partial charge in [0.25, 0.3) is 0 Å². The normalized spacial score (nSPS) is 18.1. The summed E-state index contributed by atoms with van der Waals surface area (Å²) < 4.78 is 38.7. The second kappa shape index (κ2) is 4.81. The van der Waals surface area contributed by atoms with Crippen LogP contribution >= 0.6 is 11.3 Å². The first kappa shape index (κ1) is 13.8. The van der Waals surface area contributed by atoms with Gasteiger partial charge in [0.1, 0.15) is 0 Å². The average Bonchev–Trinajstić information content (AvgIpc) is 2.87. The standard InChI is InChI=1S/C12H17F3N2S/c1-3-6-16-7-8-9(12(13,14)15)17-10(18-8)11(2)4-5-11/h16H,3-7H2,1-2H3. The second-order valence-corrected chi connectivity index (χ2v) is 6.11. The molecule has 0 amide bonds. The van der Waals surface area contributed by atoms with E-state index in [0.717, 1.165) is 25.8 Å². The van der Waals surface area contributed by atoms with Crippen molar-refractivity contribution in [3.8, 4) is 0 Å². The Morgan fingerprint density at radius 2 is 2.06 bits per heavy atom. The molecule has 0 saturated heterocycles. The third-order valence-corrected chi connectivity index (χ3v) is 4.56. The second-order valence-electron chi connectivity index (χ2n) is 5.03. The summed E-state index contributed by atoms with van der Waals surface area (Å²) in [6.45, 7) is 4.95. The first-order valence-corrected chi connectivity index (χ1v) is 6.96. The molecule has 2 rings (SSSR count). The number of aromatic nitrogens is 1. The molecule has 18 heavy (non-hydrogen) atoms. The fourth-order valence-electron chi connectivity index (χ4n) is 1.73. The zero-order valence-electron chi connectivity index (χ0n) is 10.5. The molecule has 0 spiro atoms. The lowest BCUT2D eigenvalue weighted by atomic mass is 10.2. The molecule has 6 heteroatoms. The van der Waals surface area contributed by atoms with E-state index in [1.165, 1.54) is 11.3 Å². The Bertz CT molecular complexity index is 421. The molecular formula is C12H17F3N2S. The van der Waals surface area contributed by atoms with Crippen LogP contribution in [0.4, 0.5) is 13.2 Å². The van der Waals surface area contributed by atoms with Gasteiger partial charge in [0.2, 0.25) is 0 Å². The lowest BCUT2D eigenvalue weighted by molar-refractivity contribution is -0.141. The van der Waals surface area contributed by atoms with Crippen molar-refractivity contribution >= 4 is 11.3 Å². The summed E-state index contributed by atoms with van der Waals surface area (Å²) in [6, 6.07) is 0. The SMILES string of the molecule is CCCNCc1sc(C2(C)CC2)nc1C(F)(F)F. The minimum absolute atomic E-state index is 0.103. The van der Waals surface area contributed by atoms with Gasteiger partial charge in [-0.2, -0.15) is 13.2 Å². The minimum Gasteiger partial charge on any atom is -0.312 e. The Hall–Kier alpha value is -0.620. The first-order valence-electron chi connectivity index (χ1n) is 6.15. The fraction of sp³-hybridized carbons (Fsp3) is 0.750. The van der Waals surface area contributed by atoms with Gasteiger partial charge in [-0.3, -0.25) is 0 Å². The van der Waals surface area contributed by atoms with Gasteiger partial charge in [0.15, 0.2) is 5.69 Å². The molecule has 1 N–H and O–H groups in total. The van der Waals surface area contributed by atoms with Crippen molar-refractivity contribution in [2.45, 2.75) is 51.2 Å². The van der Waals surface area contributed by atoms with Crippen molar-refractivity contribution in [2.75, 3.05) is 6.54 Å². The van der Waals surface area contributed by atoms with Crippen molar-refractivity contribution in [1.29, 1.82) is 0 Å². The number of thiazole rings is 1. The number of nitrogens with one attached hydrogen (secondary N) is 1. The summed E-state index contributed by atoms with van der Waals surface area (Å²) in [5, 5.41) is 3.66. The summed E-state index contributed by atoms with van der Waals surface area (Å²) in [6.07, 6.45) is -1.55. The van der Waals surface area contributed by atoms with Gasteiger partial charge in [0, 0.05) is 12.0 Å². The number of halogens is 3. The molecule has 0 atom stereocenters. The van der Waals surface area contributed by atoms with E-state index < -0.39 is 11.9 Å². The largest absolute Gasteiger partial charge is 0.434 e. The van der Waals surface area contributed by atoms with E-state index in [2.05, 4.69) is 10.3 Å². The summed E-state index contributed by atoms with van der Waals surface area (Å²) >= 11 is 1.21. The molecule has 1 heterocycles. The molecule has 1 aliphatic carbocycles. The quantitative estimate of drug-likeness (QED) is 0.830. The number of nitrogens with zero attached hydrogens (tertiary/aromatic N) is 1. The van der Waals surface area contributed by atoms with Crippen LogP contribution < -0.4 is 5.32 Å². The Balaban J connectivity index is 2.22. The van der Waals surface area contributed by atoms with Gasteiger partial charge in [-0.1, -0.05) is 13.8 Å². The molecule has 0 bridgehead atoms. The number of rotatable bonds is 5. The summed E-state index contributed by atoms with van der Waals surface area (Å²) in [5.41, 5.74) is -0.799. The smallest absolute Gasteiger partial charge is 0.312 e. The van der Waals surface area contributed by atoms with E-state index in [9.17, 15) is 13.2 Å². The van der Waals surface area contributed by atoms with Gasteiger partial charge in [-0.25, -0.2) is 4.98 Å². The Kier molecular flexibility index (Phi) is 3.69. The average molecular weight is 278 g/mol. The monoisotopic (exact) mass is 278 g/mol. The number of alkyl halides is 3. The Morgan fingerprint density at radius 3 is 2.56 bits per heavy atom. The van der Waals surface area contributed by atoms with Gasteiger partial charge in [-0.15, -0.1) is 11.3 Å². The predicted octanol–water partition coefficient (Wildman–Crippen LogP) is 3.71. The highest BCUT2D eigenvalue weighted by Crippen LogP contribution is 2.50. The van der Waals surface area contributed by atoms with Crippen molar-refractivity contribution < 1.29 is 13.2 Å². The van der Waals surface area contributed by atoms with Gasteiger partial charge < -0.3 is 5.32 Å². The molecular weight excluding hydrogens is 261 g/mol. The van der Waals surface area contributed by atoms with E-state index in [1.54, 1.807) is 0 Å². The molecule has 0 unspecified atom stereocenters. The molecule has 0 aromatic carbocycles. The summed E-state index contributed by atoms with van der Waals surface area (Å²) in [4.78, 5) is 4.17. The van der Waals surface area contributed by atoms with E-state index in [4.69, 9.17) is 0 Å². The lowest BCUT2D eigenvalue weighted by Gasteiger charge is -2.06. The molecule has 1 aromatic rings. The molecule has 1 saturated carbocycles. The third kappa shape index (κ3) is 2.85. The minimum atomic E-state index is -4.34. The highest BCUT2D eigenvalue weighted by Gasteiger charge is 2.45. The lowest BCUT2D eigenvalue weighted by Crippen LogP contribution is -2.17. The highest BCUT2D eigenvalue weighted by molar-refractivity contribution is 7.12. The van der Waals surface area contributed by atoms with Gasteiger partial charge >= 0.3 is 6.18 Å². The third-order valence-electron chi connectivity index (χ3n) is 3.19. The molecule has 1 aliphatic rings. The van der Waals surface area contributed by atoms with Crippen LogP contribution in [0, 0.1) is 0 Å². The van der Waals surface area contributed by atoms with Crippen LogP contribution in [0.5, 0.6) is 0 Å². The van der Waals surface area contributed by atoms with E-state index in [0.29, 0.717) is 9.88 Å². The molecule has 2 nitrogen and oxygen atoms in total. The fourth-order valence-corrected chi connectivity index (χ4v) is 2.98. The van der Waals surface area contributed by atoms with Crippen LogP contribution in [0.2, 0.25) is 0 Å². The maximum atomic E-state index is 12.9. The Labute approximate surface area is 109 Å². The molecule has 1 fully saturated rings. The van der Waals surface area contributed by atoms with Crippen molar-refractivity contribution in [1.82, 2.24) is 10.3 Å². The van der Waals surface area contributed by atoms with Crippen LogP contribution in [0.3, 0.4) is 0 Å². The van der Waals surface area contributed by atoms with Crippen molar-refractivity contribution in [3.63, 3.8) is 0 Å². The van der Waals surface area contributed by atoms with Crippen LogP contribution in [-0.2, 0) is 18.1 Å². The Morgan fingerprint density at radius 1 is 1.39 bits per heavy atom. The van der Waals surface area contributed by atoms with Crippen LogP contribution in [0.25, 0.3) is 0 Å². The van der Waals surface area contributed by atoms with E-state index in [1.807, 2.05) is 13.8 Å². The van der Waals surface area contributed by atoms with Crippen LogP contribution in [-0.4, -0.2) is 11.5 Å². The van der Waals surface area contributed by atoms with Gasteiger partial charge in [0.05, 0.1) is 9.88 Å². The summed E-state index contributed by atoms with van der Waals surface area (Å²) in [7, 11) is 0. The molecule has 102 valence electrons. The van der Waals surface area contributed by atoms with Gasteiger partial charge in [-0.05, 0) is 25.8 Å². The maximum absolute atomic E-state index is 12.9. The molecule has 0 radical (unpaired) electrons. The predicted molar refractivity (Wildman–Crippen MR) is 65.7 cm³/mol. The zero-order chi connectivity index (χ0) is 13.4. The number of hydrogen-bond donors (Lipinski definition) is 1. The molecule has 1 aromatic heterocycles. The van der Waals surface area contributed by atoms with E-state index >= 15 is 0 Å². The van der Waals surface area contributed by atoms with Crippen molar-refractivity contribution in [3.05, 3.63) is 15.6 Å². The van der Waals surface area contributed by atoms with Crippen LogP contribution in [0.15, 0.2) is 0 Å². The van der Waals surface area contributed by atoms with E-state index in [-0.39, 0.29) is 12.0 Å².